The van der Waals surface area contributed by atoms with Gasteiger partial charge in [0.2, 0.25) is 0 Å². The number of nitrogens with zero attached hydrogens (tertiary/aromatic N) is 1. The summed E-state index contributed by atoms with van der Waals surface area (Å²) in [5.74, 6) is 0. The maximum absolute atomic E-state index is 12.3. The van der Waals surface area contributed by atoms with Crippen LogP contribution in [0, 0.1) is 13.8 Å². The molecule has 1 heterocycles. The second kappa shape index (κ2) is 4.16. The van der Waals surface area contributed by atoms with Crippen molar-refractivity contribution in [1.29, 1.82) is 0 Å². The number of benzene rings is 1. The van der Waals surface area contributed by atoms with E-state index in [2.05, 4.69) is 18.1 Å². The molecular weight excluding hydrogens is 224 g/mol. The molecule has 0 saturated heterocycles. The van der Waals surface area contributed by atoms with E-state index in [-0.39, 0.29) is 11.1 Å². The highest BCUT2D eigenvalue weighted by molar-refractivity contribution is 5.66. The average molecular weight is 244 g/mol. The van der Waals surface area contributed by atoms with Crippen LogP contribution in [0.25, 0.3) is 11.3 Å². The second-order valence-electron chi connectivity index (χ2n) is 5.74. The Morgan fingerprint density at radius 3 is 2.22 bits per heavy atom. The fourth-order valence-electron chi connectivity index (χ4n) is 2.11. The molecule has 0 atom stereocenters. The van der Waals surface area contributed by atoms with Crippen molar-refractivity contribution in [2.75, 3.05) is 0 Å². The zero-order chi connectivity index (χ0) is 13.5. The van der Waals surface area contributed by atoms with Crippen LogP contribution in [-0.2, 0) is 5.54 Å². The van der Waals surface area contributed by atoms with Crippen molar-refractivity contribution in [2.24, 2.45) is 0 Å². The van der Waals surface area contributed by atoms with Gasteiger partial charge in [-0.3, -0.25) is 9.89 Å². The van der Waals surface area contributed by atoms with Gasteiger partial charge in [0.25, 0.3) is 5.56 Å². The van der Waals surface area contributed by atoms with Crippen molar-refractivity contribution >= 4 is 0 Å². The molecule has 18 heavy (non-hydrogen) atoms. The summed E-state index contributed by atoms with van der Waals surface area (Å²) in [6.45, 7) is 9.99. The van der Waals surface area contributed by atoms with E-state index in [0.29, 0.717) is 0 Å². The molecule has 0 aliphatic heterocycles. The fraction of sp³-hybridized carbons (Fsp3) is 0.400. The Hall–Kier alpha value is -1.77. The van der Waals surface area contributed by atoms with Crippen LogP contribution in [0.4, 0.5) is 0 Å². The Morgan fingerprint density at radius 2 is 1.72 bits per heavy atom. The lowest BCUT2D eigenvalue weighted by Gasteiger charge is -2.19. The molecule has 0 amide bonds. The lowest BCUT2D eigenvalue weighted by molar-refractivity contribution is 0.346. The molecule has 0 fully saturated rings. The predicted molar refractivity (Wildman–Crippen MR) is 75.0 cm³/mol. The highest BCUT2D eigenvalue weighted by Crippen LogP contribution is 2.24. The molecule has 3 heteroatoms. The predicted octanol–water partition coefficient (Wildman–Crippen LogP) is 3.22. The highest BCUT2D eigenvalue weighted by atomic mass is 16.1. The molecule has 96 valence electrons. The van der Waals surface area contributed by atoms with Crippen LogP contribution < -0.4 is 5.56 Å². The van der Waals surface area contributed by atoms with Crippen molar-refractivity contribution in [2.45, 2.75) is 40.2 Å². The smallest absolute Gasteiger partial charge is 0.270 e. The Labute approximate surface area is 107 Å². The maximum Gasteiger partial charge on any atom is 0.270 e. The molecule has 1 aromatic heterocycles. The van der Waals surface area contributed by atoms with Crippen LogP contribution in [0.15, 0.2) is 29.1 Å². The van der Waals surface area contributed by atoms with Gasteiger partial charge in [-0.25, -0.2) is 4.68 Å². The Bertz CT molecular complexity index is 627. The maximum atomic E-state index is 12.3. The minimum atomic E-state index is -0.233. The van der Waals surface area contributed by atoms with Gasteiger partial charge < -0.3 is 0 Å². The number of aromatic nitrogens is 2. The van der Waals surface area contributed by atoms with Crippen LogP contribution in [-0.4, -0.2) is 9.78 Å². The lowest BCUT2D eigenvalue weighted by atomic mass is 10.0. The molecule has 1 N–H and O–H groups in total. The van der Waals surface area contributed by atoms with Gasteiger partial charge in [-0.05, 0) is 40.2 Å². The molecule has 2 aromatic rings. The summed E-state index contributed by atoms with van der Waals surface area (Å²) in [6.07, 6.45) is 0. The summed E-state index contributed by atoms with van der Waals surface area (Å²) in [4.78, 5) is 12.3. The summed E-state index contributed by atoms with van der Waals surface area (Å²) < 4.78 is 1.70. The summed E-state index contributed by atoms with van der Waals surface area (Å²) in [6, 6.07) is 8.10. The van der Waals surface area contributed by atoms with Gasteiger partial charge in [0.1, 0.15) is 0 Å². The van der Waals surface area contributed by atoms with Crippen LogP contribution in [0.2, 0.25) is 0 Å². The van der Waals surface area contributed by atoms with E-state index in [0.717, 1.165) is 16.8 Å². The van der Waals surface area contributed by atoms with E-state index in [1.54, 1.807) is 4.68 Å². The van der Waals surface area contributed by atoms with E-state index < -0.39 is 0 Å². The first-order chi connectivity index (χ1) is 8.32. The van der Waals surface area contributed by atoms with Gasteiger partial charge in [0.05, 0.1) is 11.2 Å². The molecule has 0 aliphatic rings. The third kappa shape index (κ3) is 2.01. The van der Waals surface area contributed by atoms with Crippen LogP contribution in [0.1, 0.15) is 31.9 Å². The Morgan fingerprint density at radius 1 is 1.11 bits per heavy atom. The average Bonchev–Trinajstić information content (AvgIpc) is 2.57. The molecule has 0 aliphatic carbocycles. The number of H-pyrrole nitrogens is 1. The first-order valence-corrected chi connectivity index (χ1v) is 6.20. The zero-order valence-corrected chi connectivity index (χ0v) is 11.7. The summed E-state index contributed by atoms with van der Waals surface area (Å²) in [7, 11) is 0. The van der Waals surface area contributed by atoms with E-state index in [1.165, 1.54) is 5.56 Å². The summed E-state index contributed by atoms with van der Waals surface area (Å²) in [5.41, 5.74) is 3.79. The van der Waals surface area contributed by atoms with E-state index in [1.807, 2.05) is 45.9 Å². The van der Waals surface area contributed by atoms with Gasteiger partial charge in [-0.2, -0.15) is 0 Å². The largest absolute Gasteiger partial charge is 0.294 e. The minimum absolute atomic E-state index is 0.0563. The number of aryl methyl sites for hydroxylation is 1. The molecule has 0 radical (unpaired) electrons. The van der Waals surface area contributed by atoms with E-state index in [4.69, 9.17) is 0 Å². The summed E-state index contributed by atoms with van der Waals surface area (Å²) >= 11 is 0. The van der Waals surface area contributed by atoms with Crippen LogP contribution in [0.3, 0.4) is 0 Å². The molecule has 0 unspecified atom stereocenters. The third-order valence-electron chi connectivity index (χ3n) is 3.21. The number of hydrogen-bond donors (Lipinski definition) is 1. The van der Waals surface area contributed by atoms with Crippen molar-refractivity contribution in [1.82, 2.24) is 9.78 Å². The van der Waals surface area contributed by atoms with Crippen LogP contribution >= 0.6 is 0 Å². The van der Waals surface area contributed by atoms with Crippen molar-refractivity contribution < 1.29 is 0 Å². The zero-order valence-electron chi connectivity index (χ0n) is 11.7. The number of hydrogen-bond acceptors (Lipinski definition) is 1. The molecule has 1 aromatic carbocycles. The fourth-order valence-corrected chi connectivity index (χ4v) is 2.11. The molecule has 0 saturated carbocycles. The molecule has 0 bridgehead atoms. The summed E-state index contributed by atoms with van der Waals surface area (Å²) in [5, 5.41) is 3.25. The topological polar surface area (TPSA) is 37.8 Å². The molecular formula is C15H20N2O. The third-order valence-corrected chi connectivity index (χ3v) is 3.21. The molecule has 2 rings (SSSR count). The van der Waals surface area contributed by atoms with E-state index >= 15 is 0 Å². The van der Waals surface area contributed by atoms with E-state index in [9.17, 15) is 4.79 Å². The SMILES string of the molecule is Cc1ccccc1-c1[nH]n(C(C)(C)C)c(=O)c1C. The number of aromatic amines is 1. The first kappa shape index (κ1) is 12.7. The van der Waals surface area contributed by atoms with Gasteiger partial charge >= 0.3 is 0 Å². The Balaban J connectivity index is 2.69. The normalized spacial score (nSPS) is 11.8. The van der Waals surface area contributed by atoms with Gasteiger partial charge in [0, 0.05) is 11.1 Å². The molecule has 0 spiro atoms. The van der Waals surface area contributed by atoms with Gasteiger partial charge in [-0.15, -0.1) is 0 Å². The minimum Gasteiger partial charge on any atom is -0.294 e. The van der Waals surface area contributed by atoms with Gasteiger partial charge in [-0.1, -0.05) is 24.3 Å². The van der Waals surface area contributed by atoms with Gasteiger partial charge in [0.15, 0.2) is 0 Å². The van der Waals surface area contributed by atoms with Crippen molar-refractivity contribution in [3.8, 4) is 11.3 Å². The van der Waals surface area contributed by atoms with Crippen molar-refractivity contribution in [3.63, 3.8) is 0 Å². The number of rotatable bonds is 1. The highest BCUT2D eigenvalue weighted by Gasteiger charge is 2.21. The van der Waals surface area contributed by atoms with Crippen molar-refractivity contribution in [3.05, 3.63) is 45.7 Å². The van der Waals surface area contributed by atoms with Crippen LogP contribution in [0.5, 0.6) is 0 Å². The number of nitrogens with one attached hydrogen (secondary N) is 1. The quantitative estimate of drug-likeness (QED) is 0.821. The Kier molecular flexibility index (Phi) is 2.93. The first-order valence-electron chi connectivity index (χ1n) is 6.20. The monoisotopic (exact) mass is 244 g/mol. The lowest BCUT2D eigenvalue weighted by Crippen LogP contribution is -2.32. The second-order valence-corrected chi connectivity index (χ2v) is 5.74. The molecule has 3 nitrogen and oxygen atoms in total. The standard InChI is InChI=1S/C15H20N2O/c1-10-8-6-7-9-12(10)13-11(2)14(18)17(16-13)15(3,4)5/h6-9,16H,1-5H3.